The number of ether oxygens (including phenoxy) is 3. The number of hydrogen-bond acceptors (Lipinski definition) is 8. The van der Waals surface area contributed by atoms with E-state index in [2.05, 4.69) is 0 Å². The molecule has 0 unspecified atom stereocenters. The second kappa shape index (κ2) is 13.6. The van der Waals surface area contributed by atoms with Gasteiger partial charge >= 0.3 is 0 Å². The van der Waals surface area contributed by atoms with Gasteiger partial charge in [-0.25, -0.2) is 16.8 Å². The molecule has 0 aliphatic heterocycles. The van der Waals surface area contributed by atoms with Crippen molar-refractivity contribution in [3.05, 3.63) is 97.1 Å². The Morgan fingerprint density at radius 3 is 1.10 bits per heavy atom. The van der Waals surface area contributed by atoms with E-state index in [-0.39, 0.29) is 25.3 Å². The van der Waals surface area contributed by atoms with Crippen LogP contribution < -0.4 is 14.2 Å². The van der Waals surface area contributed by atoms with Gasteiger partial charge in [-0.15, -0.1) is 0 Å². The largest absolute Gasteiger partial charge is 0.508 e. The van der Waals surface area contributed by atoms with Crippen LogP contribution in [0.1, 0.15) is 26.2 Å². The molecule has 0 radical (unpaired) electrons. The van der Waals surface area contributed by atoms with E-state index in [1.165, 1.54) is 48.5 Å². The molecule has 0 aliphatic carbocycles. The first-order chi connectivity index (χ1) is 19.7. The van der Waals surface area contributed by atoms with E-state index in [1.807, 2.05) is 6.92 Å². The highest BCUT2D eigenvalue weighted by Crippen LogP contribution is 2.26. The van der Waals surface area contributed by atoms with E-state index in [0.29, 0.717) is 49.9 Å². The Balaban J connectivity index is 1.20. The molecule has 0 aromatic heterocycles. The highest BCUT2D eigenvalue weighted by atomic mass is 32.2. The minimum Gasteiger partial charge on any atom is -0.508 e. The van der Waals surface area contributed by atoms with Crippen LogP contribution in [0.4, 0.5) is 0 Å². The van der Waals surface area contributed by atoms with Crippen LogP contribution in [0.5, 0.6) is 23.0 Å². The Bertz CT molecular complexity index is 1610. The van der Waals surface area contributed by atoms with Gasteiger partial charge in [-0.1, -0.05) is 6.92 Å². The normalized spacial score (nSPS) is 11.6. The smallest absolute Gasteiger partial charge is 0.206 e. The van der Waals surface area contributed by atoms with Gasteiger partial charge in [0.2, 0.25) is 19.7 Å². The lowest BCUT2D eigenvalue weighted by Gasteiger charge is -2.10. The Morgan fingerprint density at radius 2 is 0.780 bits per heavy atom. The molecule has 0 fully saturated rings. The molecule has 0 saturated heterocycles. The lowest BCUT2D eigenvalue weighted by Crippen LogP contribution is -2.04. The summed E-state index contributed by atoms with van der Waals surface area (Å²) >= 11 is 0. The number of phenolic OH excluding ortho intramolecular Hbond substituents is 1. The maximum Gasteiger partial charge on any atom is 0.206 e. The van der Waals surface area contributed by atoms with Gasteiger partial charge in [0.1, 0.15) is 23.0 Å². The predicted molar refractivity (Wildman–Crippen MR) is 154 cm³/mol. The molecule has 10 heteroatoms. The molecule has 0 spiro atoms. The molecule has 0 heterocycles. The Morgan fingerprint density at radius 1 is 0.488 bits per heavy atom. The average molecular weight is 597 g/mol. The van der Waals surface area contributed by atoms with Crippen molar-refractivity contribution in [1.82, 2.24) is 0 Å². The van der Waals surface area contributed by atoms with Crippen molar-refractivity contribution >= 4 is 19.7 Å². The van der Waals surface area contributed by atoms with E-state index in [0.717, 1.165) is 6.42 Å². The SMILES string of the molecule is CCCOc1ccc(S(=O)(=O)c2ccc(OCCCCOc3ccc(S(=O)(=O)c4ccc(O)cc4)cc3)cc2)cc1. The second-order valence-corrected chi connectivity index (χ2v) is 13.1. The van der Waals surface area contributed by atoms with E-state index in [9.17, 15) is 21.9 Å². The fraction of sp³-hybridized carbons (Fsp3) is 0.226. The number of sulfone groups is 2. The molecule has 4 rings (SSSR count). The number of benzene rings is 4. The maximum atomic E-state index is 12.9. The van der Waals surface area contributed by atoms with E-state index < -0.39 is 19.7 Å². The average Bonchev–Trinajstić information content (AvgIpc) is 2.99. The molecule has 8 nitrogen and oxygen atoms in total. The number of aromatic hydroxyl groups is 1. The van der Waals surface area contributed by atoms with Crippen LogP contribution in [0.3, 0.4) is 0 Å². The standard InChI is InChI=1S/C31H32O8S2/c1-2-21-37-25-7-15-30(16-8-25)41(35,36)31-19-11-27(12-20-31)39-23-4-3-22-38-26-9-17-29(18-10-26)40(33,34)28-13-5-24(32)6-14-28/h5-20,32H,2-4,21-23H2,1H3. The van der Waals surface area contributed by atoms with Gasteiger partial charge in [0, 0.05) is 0 Å². The summed E-state index contributed by atoms with van der Waals surface area (Å²) in [5.41, 5.74) is 0. The van der Waals surface area contributed by atoms with Crippen molar-refractivity contribution in [2.24, 2.45) is 0 Å². The summed E-state index contributed by atoms with van der Waals surface area (Å²) in [6.45, 7) is 3.43. The maximum absolute atomic E-state index is 12.9. The Hall–Kier alpha value is -4.02. The molecular weight excluding hydrogens is 564 g/mol. The highest BCUT2D eigenvalue weighted by molar-refractivity contribution is 7.91. The van der Waals surface area contributed by atoms with E-state index in [4.69, 9.17) is 14.2 Å². The molecule has 1 N–H and O–H groups in total. The van der Waals surface area contributed by atoms with Crippen LogP contribution in [0, 0.1) is 0 Å². The van der Waals surface area contributed by atoms with Crippen LogP contribution in [0.25, 0.3) is 0 Å². The minimum atomic E-state index is -3.68. The lowest BCUT2D eigenvalue weighted by molar-refractivity contribution is 0.266. The Labute approximate surface area is 241 Å². The number of hydrogen-bond donors (Lipinski definition) is 1. The zero-order valence-corrected chi connectivity index (χ0v) is 24.2. The van der Waals surface area contributed by atoms with Gasteiger partial charge in [-0.05, 0) is 116 Å². The molecule has 0 aliphatic rings. The number of unbranched alkanes of at least 4 members (excludes halogenated alkanes) is 1. The third-order valence-corrected chi connectivity index (χ3v) is 9.67. The van der Waals surface area contributed by atoms with Crippen LogP contribution in [0.15, 0.2) is 117 Å². The van der Waals surface area contributed by atoms with Gasteiger partial charge in [0.15, 0.2) is 0 Å². The molecule has 0 amide bonds. The zero-order chi connectivity index (χ0) is 29.3. The van der Waals surface area contributed by atoms with Crippen molar-refractivity contribution in [3.8, 4) is 23.0 Å². The summed E-state index contributed by atoms with van der Waals surface area (Å²) in [7, 11) is -7.33. The molecular formula is C31H32O8S2. The molecule has 216 valence electrons. The molecule has 4 aromatic carbocycles. The Kier molecular flexibility index (Phi) is 9.91. The molecule has 0 saturated carbocycles. The second-order valence-electron chi connectivity index (χ2n) is 9.17. The lowest BCUT2D eigenvalue weighted by atomic mass is 10.3. The van der Waals surface area contributed by atoms with Crippen LogP contribution >= 0.6 is 0 Å². The third kappa shape index (κ3) is 7.80. The van der Waals surface area contributed by atoms with Crippen LogP contribution in [0.2, 0.25) is 0 Å². The van der Waals surface area contributed by atoms with E-state index >= 15 is 0 Å². The predicted octanol–water partition coefficient (Wildman–Crippen LogP) is 6.08. The molecule has 0 atom stereocenters. The van der Waals surface area contributed by atoms with Gasteiger partial charge in [0.05, 0.1) is 39.4 Å². The molecule has 0 bridgehead atoms. The first-order valence-electron chi connectivity index (χ1n) is 13.2. The monoisotopic (exact) mass is 596 g/mol. The summed E-state index contributed by atoms with van der Waals surface area (Å²) in [4.78, 5) is 0.617. The van der Waals surface area contributed by atoms with E-state index in [1.54, 1.807) is 48.5 Å². The van der Waals surface area contributed by atoms with Gasteiger partial charge in [-0.3, -0.25) is 0 Å². The number of rotatable bonds is 14. The summed E-state index contributed by atoms with van der Waals surface area (Å²) in [5.74, 6) is 1.75. The topological polar surface area (TPSA) is 116 Å². The van der Waals surface area contributed by atoms with Crippen LogP contribution in [-0.4, -0.2) is 41.8 Å². The van der Waals surface area contributed by atoms with Gasteiger partial charge in [-0.2, -0.15) is 0 Å². The van der Waals surface area contributed by atoms with Gasteiger partial charge < -0.3 is 19.3 Å². The minimum absolute atomic E-state index is 0.00203. The number of phenols is 1. The zero-order valence-electron chi connectivity index (χ0n) is 22.6. The van der Waals surface area contributed by atoms with Crippen molar-refractivity contribution in [2.75, 3.05) is 19.8 Å². The van der Waals surface area contributed by atoms with Crippen molar-refractivity contribution in [1.29, 1.82) is 0 Å². The fourth-order valence-electron chi connectivity index (χ4n) is 3.85. The van der Waals surface area contributed by atoms with Gasteiger partial charge in [0.25, 0.3) is 0 Å². The first-order valence-corrected chi connectivity index (χ1v) is 16.1. The van der Waals surface area contributed by atoms with Crippen molar-refractivity contribution < 1.29 is 36.2 Å². The highest BCUT2D eigenvalue weighted by Gasteiger charge is 2.18. The first kappa shape index (κ1) is 30.0. The summed E-state index contributed by atoms with van der Waals surface area (Å²) in [5, 5.41) is 9.38. The third-order valence-electron chi connectivity index (χ3n) is 6.10. The van der Waals surface area contributed by atoms with Crippen molar-refractivity contribution in [3.63, 3.8) is 0 Å². The summed E-state index contributed by atoms with van der Waals surface area (Å²) in [6, 6.07) is 24.3. The van der Waals surface area contributed by atoms with Crippen molar-refractivity contribution in [2.45, 2.75) is 45.8 Å². The molecule has 4 aromatic rings. The summed E-state index contributed by atoms with van der Waals surface area (Å²) < 4.78 is 68.2. The summed E-state index contributed by atoms with van der Waals surface area (Å²) in [6.07, 6.45) is 2.29. The molecule has 41 heavy (non-hydrogen) atoms. The quantitative estimate of drug-likeness (QED) is 0.174. The fourth-order valence-corrected chi connectivity index (χ4v) is 6.37. The van der Waals surface area contributed by atoms with Crippen LogP contribution in [-0.2, 0) is 19.7 Å².